The van der Waals surface area contributed by atoms with Gasteiger partial charge in [0.2, 0.25) is 0 Å². The average molecular weight is 908 g/mol. The third-order valence-corrected chi connectivity index (χ3v) is 0. The van der Waals surface area contributed by atoms with E-state index in [1.807, 2.05) is 0 Å². The van der Waals surface area contributed by atoms with Crippen LogP contribution in [0.25, 0.3) is 0 Å². The second kappa shape index (κ2) is 483. The van der Waals surface area contributed by atoms with Gasteiger partial charge >= 0.3 is 1040 Å². The van der Waals surface area contributed by atoms with Crippen LogP contribution in [0.15, 0.2) is 0 Å². The van der Waals surface area contributed by atoms with Gasteiger partial charge in [0, 0.05) is 0 Å². The molecule has 84 heteroatoms. The van der Waals surface area contributed by atoms with Gasteiger partial charge in [-0.25, -0.2) is 0 Å². The second-order valence-corrected chi connectivity index (χ2v) is 2.77. The normalized spacial score (nSPS) is 2.57. The third-order valence-electron chi connectivity index (χ3n) is 0. The van der Waals surface area contributed by atoms with E-state index >= 15 is 0 Å². The summed E-state index contributed by atoms with van der Waals surface area (Å²) < 4.78 is 0. The molecule has 0 rings (SSSR count). The van der Waals surface area contributed by atoms with Crippen LogP contribution in [0, 0.1) is 0 Å². The Labute approximate surface area is 1210 Å². The number of hydrogen-bond acceptors (Lipinski definition) is 24. The number of rotatable bonds is 0. The van der Waals surface area contributed by atoms with Crippen LogP contribution >= 0.6 is 0 Å². The molecule has 0 atom stereocenters. The predicted octanol–water partition coefficient (Wildman–Crippen LogP) is -166. The summed E-state index contributed by atoms with van der Waals surface area (Å²) in [4.78, 5) is 0. The van der Waals surface area contributed by atoms with E-state index in [0.717, 1.165) is 0 Å². The Balaban J connectivity index is -0.000000000397. The van der Waals surface area contributed by atoms with Gasteiger partial charge in [-0.05, 0) is 0 Å². The number of hydrogen-bond donors (Lipinski definition) is 24. The summed E-state index contributed by atoms with van der Waals surface area (Å²) in [5.74, 6) is 0. The minimum Gasteiger partial charge on any atom is -1.00 e. The fraction of sp³-hybridized carbons (Fsp3) is 0. The van der Waals surface area contributed by atoms with Crippen LogP contribution in [-0.2, 0) is 0 Å². The first-order valence-electron chi connectivity index (χ1n) is 6.20. The molecular formula is H76B8Li52O24. The second-order valence-electron chi connectivity index (χ2n) is 2.77. The average Bonchev–Trinajstić information content (AvgIpc) is 2.30. The van der Waals surface area contributed by atoms with Crippen LogP contribution < -0.4 is 981 Å². The van der Waals surface area contributed by atoms with Crippen molar-refractivity contribution in [3.05, 3.63) is 0 Å². The fourth-order valence-electron chi connectivity index (χ4n) is 0. The summed E-state index contributed by atoms with van der Waals surface area (Å²) in [5, 5.41) is 172. The maximum atomic E-state index is 7.17. The fourth-order valence-corrected chi connectivity index (χ4v) is 0. The third kappa shape index (κ3) is 1500. The maximum absolute atomic E-state index is 7.17. The SMILES string of the molecule is OB(O)O.OB(O)O.OB(O)O.OB(O)O.OB(O)O.OB(O)O.OB(O)O.OB(O)O.[H-].[H-].[H-].[H-].[H-].[H-].[H-].[H-].[H-].[H-].[H-].[H-].[H-].[H-].[H-].[H-].[H-].[H-].[H-].[H-].[H-].[H-].[H-].[H-].[H-].[H-].[H-].[H-].[H-].[H-].[H-].[H-].[H-].[H-].[H-].[H-].[H-].[H-].[H-].[H-].[H-].[H-].[H-].[H-].[H-].[H-].[H-].[H-].[H-].[H-].[H-].[H-].[Li+].[Li+].[Li+].[Li+].[Li+].[Li+].[Li+].[Li+].[Li+].[Li+].[Li+].[Li+].[Li+].[Li+].[Li+].[Li+].[Li+].[Li+].[Li+].[Li+].[Li+].[Li+].[Li+].[Li+].[Li+].[Li+].[Li+].[Li+].[Li+].[Li+].[Li+].[Li+].[Li+].[Li+].[Li+].[Li+].[Li+].[Li+].[Li+].[Li+].[Li+].[Li+].[Li+].[Li+].[Li+].[Li+].[Li+].[Li+].[Li+].[Li+].[Li+].[Li+]. The molecule has 0 radical (unpaired) electrons. The Bertz CT molecular complexity index is 347. The molecule has 24 N–H and O–H groups in total. The molecule has 0 aromatic rings. The smallest absolute Gasteiger partial charge is 1.00 e. The van der Waals surface area contributed by atoms with E-state index in [4.69, 9.17) is 121 Å². The molecule has 0 aromatic carbocycles. The summed E-state index contributed by atoms with van der Waals surface area (Å²) in [6.07, 6.45) is 0. The monoisotopic (exact) mass is 913 g/mol. The van der Waals surface area contributed by atoms with Gasteiger partial charge in [0.25, 0.3) is 0 Å². The zero-order valence-electron chi connectivity index (χ0n) is 119. The molecule has 0 bridgehead atoms. The minimum atomic E-state index is -2.17. The van der Waals surface area contributed by atoms with Crippen LogP contribution in [0.5, 0.6) is 0 Å². The van der Waals surface area contributed by atoms with Gasteiger partial charge in [-0.15, -0.1) is 0 Å². The molecule has 0 aromatic heterocycles. The van der Waals surface area contributed by atoms with Crippen molar-refractivity contribution < 1.29 is 1180 Å². The van der Waals surface area contributed by atoms with Crippen molar-refractivity contribution in [1.82, 2.24) is 0 Å². The molecule has 84 heavy (non-hydrogen) atoms. The molecular weight excluding hydrogens is 831 g/mol. The molecule has 0 heterocycles. The minimum absolute atomic E-state index is 0. The molecule has 0 fully saturated rings. The van der Waals surface area contributed by atoms with Gasteiger partial charge in [-0.3, -0.25) is 0 Å². The maximum Gasteiger partial charge on any atom is 1.00 e. The molecule has 0 saturated heterocycles. The standard InChI is InChI=1S/8BH3O3.52Li.52H/c8*2-1(3)4;;;;;;;;;;;;;;;;;;;;;;;;;;;;;;;;;;;;;;;;;;;;;;;;;;;;;;;;;;;;;;;;;;;;;;;;;;;;;;;;;;;;;;;;;;;;;;;;;;;;;;;;/h8*2-4H;;;;;;;;;;;;;;;;;;;;;;;;;;;;;;;;;;;;;;;;;;;;;;;;;;;;;;;;;;;;;;;;;;;;;;;;;;;;;;;;;;;;;;;;;;;;;;;;;;;;;;;;/q;;;;;;;;52*+1;52*-1. The Morgan fingerprint density at radius 3 is 0.0714 bits per heavy atom. The van der Waals surface area contributed by atoms with Crippen molar-refractivity contribution >= 4 is 58.6 Å². The van der Waals surface area contributed by atoms with Crippen molar-refractivity contribution in [3.8, 4) is 0 Å². The van der Waals surface area contributed by atoms with Crippen LogP contribution in [0.1, 0.15) is 74.2 Å². The molecule has 0 saturated carbocycles. The summed E-state index contributed by atoms with van der Waals surface area (Å²) in [6.45, 7) is 0. The van der Waals surface area contributed by atoms with Gasteiger partial charge in [-0.2, -0.15) is 0 Å². The van der Waals surface area contributed by atoms with Crippen molar-refractivity contribution in [2.75, 3.05) is 0 Å². The van der Waals surface area contributed by atoms with Crippen LogP contribution in [0.3, 0.4) is 0 Å². The van der Waals surface area contributed by atoms with Crippen LogP contribution in [0.2, 0.25) is 0 Å². The van der Waals surface area contributed by atoms with E-state index < -0.39 is 58.6 Å². The van der Waals surface area contributed by atoms with E-state index in [1.54, 1.807) is 0 Å². The van der Waals surface area contributed by atoms with Crippen molar-refractivity contribution in [1.29, 1.82) is 0 Å². The zero-order chi connectivity index (χ0) is 28.6. The van der Waals surface area contributed by atoms with Crippen LogP contribution in [-0.4, -0.2) is 179 Å². The topological polar surface area (TPSA) is 486 Å². The van der Waals surface area contributed by atoms with E-state index in [2.05, 4.69) is 0 Å². The summed E-state index contributed by atoms with van der Waals surface area (Å²) in [6, 6.07) is 0. The Hall–Kier alpha value is 30.6. The van der Waals surface area contributed by atoms with Gasteiger partial charge in [-0.1, -0.05) is 0 Å². The largest absolute Gasteiger partial charge is 1.00 e. The van der Waals surface area contributed by atoms with Gasteiger partial charge in [0.1, 0.15) is 0 Å². The first-order chi connectivity index (χ1) is 13.9. The molecule has 0 amide bonds. The van der Waals surface area contributed by atoms with Gasteiger partial charge in [0.15, 0.2) is 0 Å². The first kappa shape index (κ1) is 496. The van der Waals surface area contributed by atoms with E-state index in [-0.39, 0.29) is 1050 Å². The summed E-state index contributed by atoms with van der Waals surface area (Å²) in [7, 11) is -17.3. The first-order valence-corrected chi connectivity index (χ1v) is 6.20. The molecule has 0 spiro atoms. The quantitative estimate of drug-likeness (QED) is 0.100. The predicted molar refractivity (Wildman–Crippen MR) is 157 cm³/mol. The molecule has 0 aliphatic rings. The van der Waals surface area contributed by atoms with E-state index in [0.29, 0.717) is 0 Å². The zero-order valence-corrected chi connectivity index (χ0v) is 67.4. The van der Waals surface area contributed by atoms with Crippen LogP contribution in [0.4, 0.5) is 0 Å². The molecule has 0 aliphatic carbocycles. The van der Waals surface area contributed by atoms with E-state index in [9.17, 15) is 0 Å². The summed E-state index contributed by atoms with van der Waals surface area (Å²) in [5.41, 5.74) is 0. The molecule has 0 aliphatic heterocycles. The Kier molecular flexibility index (Phi) is 2850. The van der Waals surface area contributed by atoms with Crippen molar-refractivity contribution in [2.24, 2.45) is 0 Å². The Morgan fingerprint density at radius 2 is 0.0714 bits per heavy atom. The van der Waals surface area contributed by atoms with E-state index in [1.165, 1.54) is 0 Å². The Morgan fingerprint density at radius 1 is 0.0714 bits per heavy atom. The van der Waals surface area contributed by atoms with Gasteiger partial charge < -0.3 is 195 Å². The van der Waals surface area contributed by atoms with Gasteiger partial charge in [0.05, 0.1) is 0 Å². The molecule has 296 valence electrons. The van der Waals surface area contributed by atoms with Crippen molar-refractivity contribution in [2.45, 2.75) is 0 Å². The molecule has 0 unspecified atom stereocenters. The molecule has 24 nitrogen and oxygen atoms in total. The summed E-state index contributed by atoms with van der Waals surface area (Å²) >= 11 is 0. The van der Waals surface area contributed by atoms with Crippen molar-refractivity contribution in [3.63, 3.8) is 0 Å².